The van der Waals surface area contributed by atoms with E-state index < -0.39 is 10.0 Å². The predicted molar refractivity (Wildman–Crippen MR) is 74.2 cm³/mol. The third-order valence-electron chi connectivity index (χ3n) is 2.45. The number of nitrogens with two attached hydrogens (primary N) is 1. The zero-order valence-corrected chi connectivity index (χ0v) is 11.9. The summed E-state index contributed by atoms with van der Waals surface area (Å²) >= 11 is 1.61. The average Bonchev–Trinajstić information content (AvgIpc) is 2.34. The summed E-state index contributed by atoms with van der Waals surface area (Å²) in [7, 11) is -2.03. The number of primary sulfonamides is 1. The summed E-state index contributed by atoms with van der Waals surface area (Å²) in [6.07, 6.45) is 2.39. The van der Waals surface area contributed by atoms with Gasteiger partial charge >= 0.3 is 0 Å². The molecular formula is C11H16N2O3S2. The Bertz CT molecular complexity index is 512. The van der Waals surface area contributed by atoms with Crippen molar-refractivity contribution in [3.05, 3.63) is 24.3 Å². The van der Waals surface area contributed by atoms with Gasteiger partial charge in [-0.2, -0.15) is 11.8 Å². The topological polar surface area (TPSA) is 80.5 Å². The smallest absolute Gasteiger partial charge is 0.238 e. The second-order valence-corrected chi connectivity index (χ2v) is 6.28. The quantitative estimate of drug-likeness (QED) is 0.878. The van der Waals surface area contributed by atoms with Crippen molar-refractivity contribution in [1.29, 1.82) is 0 Å². The molecule has 0 aliphatic carbocycles. The molecular weight excluding hydrogens is 272 g/mol. The van der Waals surface area contributed by atoms with Gasteiger partial charge < -0.3 is 4.90 Å². The number of hydrogen-bond acceptors (Lipinski definition) is 4. The van der Waals surface area contributed by atoms with Gasteiger partial charge in [0.15, 0.2) is 0 Å². The van der Waals surface area contributed by atoms with Crippen LogP contribution in [0.2, 0.25) is 0 Å². The number of anilines is 1. The number of benzene rings is 1. The van der Waals surface area contributed by atoms with Crippen LogP contribution in [0, 0.1) is 0 Å². The van der Waals surface area contributed by atoms with Crippen molar-refractivity contribution < 1.29 is 13.2 Å². The molecule has 0 radical (unpaired) electrons. The third kappa shape index (κ3) is 4.01. The lowest BCUT2D eigenvalue weighted by molar-refractivity contribution is -0.117. The highest BCUT2D eigenvalue weighted by Gasteiger charge is 2.12. The van der Waals surface area contributed by atoms with Crippen LogP contribution in [0.3, 0.4) is 0 Å². The summed E-state index contributed by atoms with van der Waals surface area (Å²) in [6, 6.07) is 5.92. The van der Waals surface area contributed by atoms with Crippen LogP contribution in [-0.4, -0.2) is 33.4 Å². The highest BCUT2D eigenvalue weighted by Crippen LogP contribution is 2.17. The summed E-state index contributed by atoms with van der Waals surface area (Å²) in [5.74, 6) is 0.756. The SMILES string of the molecule is CSCCC(=O)N(C)c1ccc(S(N)(=O)=O)cc1. The molecule has 0 saturated carbocycles. The van der Waals surface area contributed by atoms with Gasteiger partial charge in [0.05, 0.1) is 4.90 Å². The molecule has 7 heteroatoms. The molecule has 18 heavy (non-hydrogen) atoms. The molecule has 0 aliphatic heterocycles. The van der Waals surface area contributed by atoms with Crippen LogP contribution in [0.15, 0.2) is 29.2 Å². The highest BCUT2D eigenvalue weighted by molar-refractivity contribution is 7.98. The van der Waals surface area contributed by atoms with Crippen molar-refractivity contribution in [3.8, 4) is 0 Å². The van der Waals surface area contributed by atoms with E-state index in [1.165, 1.54) is 17.0 Å². The zero-order valence-electron chi connectivity index (χ0n) is 10.3. The van der Waals surface area contributed by atoms with Crippen molar-refractivity contribution in [2.24, 2.45) is 5.14 Å². The maximum Gasteiger partial charge on any atom is 0.238 e. The fraction of sp³-hybridized carbons (Fsp3) is 0.364. The Hall–Kier alpha value is -1.05. The van der Waals surface area contributed by atoms with Gasteiger partial charge in [-0.25, -0.2) is 13.6 Å². The Morgan fingerprint density at radius 3 is 2.33 bits per heavy atom. The van der Waals surface area contributed by atoms with Gasteiger partial charge in [-0.05, 0) is 30.5 Å². The molecule has 1 aromatic rings. The van der Waals surface area contributed by atoms with E-state index in [0.717, 1.165) is 5.75 Å². The molecule has 1 rings (SSSR count). The number of thioether (sulfide) groups is 1. The normalized spacial score (nSPS) is 11.3. The number of amides is 1. The van der Waals surface area contributed by atoms with E-state index in [1.54, 1.807) is 30.9 Å². The predicted octanol–water partition coefficient (Wildman–Crippen LogP) is 1.05. The summed E-state index contributed by atoms with van der Waals surface area (Å²) < 4.78 is 22.2. The number of nitrogens with zero attached hydrogens (tertiary/aromatic N) is 1. The van der Waals surface area contributed by atoms with Crippen molar-refractivity contribution in [2.75, 3.05) is 24.0 Å². The fourth-order valence-electron chi connectivity index (χ4n) is 1.36. The minimum atomic E-state index is -3.69. The first-order valence-electron chi connectivity index (χ1n) is 5.24. The van der Waals surface area contributed by atoms with Crippen molar-refractivity contribution >= 4 is 33.4 Å². The van der Waals surface area contributed by atoms with Crippen LogP contribution >= 0.6 is 11.8 Å². The van der Waals surface area contributed by atoms with Crippen molar-refractivity contribution in [1.82, 2.24) is 0 Å². The lowest BCUT2D eigenvalue weighted by atomic mass is 10.3. The van der Waals surface area contributed by atoms with Gasteiger partial charge in [0.2, 0.25) is 15.9 Å². The molecule has 0 atom stereocenters. The van der Waals surface area contributed by atoms with Crippen molar-refractivity contribution in [2.45, 2.75) is 11.3 Å². The molecule has 0 unspecified atom stereocenters. The van der Waals surface area contributed by atoms with E-state index in [4.69, 9.17) is 5.14 Å². The molecule has 0 fully saturated rings. The van der Waals surface area contributed by atoms with E-state index in [9.17, 15) is 13.2 Å². The highest BCUT2D eigenvalue weighted by atomic mass is 32.2. The molecule has 0 bridgehead atoms. The number of carbonyl (C=O) groups is 1. The maximum absolute atomic E-state index is 11.8. The Kier molecular flexibility index (Phi) is 5.18. The summed E-state index contributed by atoms with van der Waals surface area (Å²) in [4.78, 5) is 13.3. The summed E-state index contributed by atoms with van der Waals surface area (Å²) in [6.45, 7) is 0. The van der Waals surface area contributed by atoms with E-state index in [-0.39, 0.29) is 10.8 Å². The van der Waals surface area contributed by atoms with Crippen molar-refractivity contribution in [3.63, 3.8) is 0 Å². The van der Waals surface area contributed by atoms with E-state index in [2.05, 4.69) is 0 Å². The van der Waals surface area contributed by atoms with Gasteiger partial charge in [0, 0.05) is 24.9 Å². The lowest BCUT2D eigenvalue weighted by Crippen LogP contribution is -2.26. The van der Waals surface area contributed by atoms with Gasteiger partial charge in [0.1, 0.15) is 0 Å². The van der Waals surface area contributed by atoms with Crippen LogP contribution in [0.1, 0.15) is 6.42 Å². The maximum atomic E-state index is 11.8. The third-order valence-corrected chi connectivity index (χ3v) is 3.99. The number of rotatable bonds is 5. The van der Waals surface area contributed by atoms with Gasteiger partial charge in [-0.3, -0.25) is 4.79 Å². The molecule has 0 heterocycles. The largest absolute Gasteiger partial charge is 0.315 e. The molecule has 2 N–H and O–H groups in total. The standard InChI is InChI=1S/C11H16N2O3S2/c1-13(11(14)7-8-17-2)9-3-5-10(6-4-9)18(12,15)16/h3-6H,7-8H2,1-2H3,(H2,12,15,16). The summed E-state index contributed by atoms with van der Waals surface area (Å²) in [5.41, 5.74) is 0.647. The van der Waals surface area contributed by atoms with E-state index in [1.807, 2.05) is 6.26 Å². The second kappa shape index (κ2) is 6.21. The lowest BCUT2D eigenvalue weighted by Gasteiger charge is -2.17. The minimum absolute atomic E-state index is 0.00675. The van der Waals surface area contributed by atoms with Crippen LogP contribution in [0.4, 0.5) is 5.69 Å². The summed E-state index contributed by atoms with van der Waals surface area (Å²) in [5, 5.41) is 5.00. The van der Waals surface area contributed by atoms with Crippen LogP contribution < -0.4 is 10.0 Å². The van der Waals surface area contributed by atoms with E-state index in [0.29, 0.717) is 12.1 Å². The number of sulfonamides is 1. The first kappa shape index (κ1) is 15.0. The Morgan fingerprint density at radius 2 is 1.89 bits per heavy atom. The molecule has 0 aromatic heterocycles. The molecule has 5 nitrogen and oxygen atoms in total. The Balaban J connectivity index is 2.82. The molecule has 1 aromatic carbocycles. The Labute approximate surface area is 111 Å². The molecule has 0 saturated heterocycles. The Morgan fingerprint density at radius 1 is 1.33 bits per heavy atom. The first-order chi connectivity index (χ1) is 8.36. The molecule has 1 amide bonds. The number of hydrogen-bond donors (Lipinski definition) is 1. The molecule has 0 aliphatic rings. The molecule has 0 spiro atoms. The van der Waals surface area contributed by atoms with Crippen LogP contribution in [0.5, 0.6) is 0 Å². The van der Waals surface area contributed by atoms with E-state index >= 15 is 0 Å². The van der Waals surface area contributed by atoms with Gasteiger partial charge in [-0.15, -0.1) is 0 Å². The monoisotopic (exact) mass is 288 g/mol. The van der Waals surface area contributed by atoms with Crippen LogP contribution in [-0.2, 0) is 14.8 Å². The van der Waals surface area contributed by atoms with Gasteiger partial charge in [-0.1, -0.05) is 0 Å². The van der Waals surface area contributed by atoms with Crippen LogP contribution in [0.25, 0.3) is 0 Å². The second-order valence-electron chi connectivity index (χ2n) is 3.73. The zero-order chi connectivity index (χ0) is 13.8. The first-order valence-corrected chi connectivity index (χ1v) is 8.18. The number of carbonyl (C=O) groups excluding carboxylic acids is 1. The average molecular weight is 288 g/mol. The minimum Gasteiger partial charge on any atom is -0.315 e. The van der Waals surface area contributed by atoms with Gasteiger partial charge in [0.25, 0.3) is 0 Å². The fourth-order valence-corrected chi connectivity index (χ4v) is 2.25. The molecule has 100 valence electrons.